The van der Waals surface area contributed by atoms with Gasteiger partial charge in [0.05, 0.1) is 12.9 Å². The van der Waals surface area contributed by atoms with Crippen molar-refractivity contribution in [3.8, 4) is 0 Å². The number of esters is 1. The molecule has 4 nitrogen and oxygen atoms in total. The summed E-state index contributed by atoms with van der Waals surface area (Å²) in [5.74, 6) is 0.425. The fraction of sp³-hybridized carbons (Fsp3) is 0.636. The summed E-state index contributed by atoms with van der Waals surface area (Å²) in [6.07, 6.45) is 6.07. The van der Waals surface area contributed by atoms with Gasteiger partial charge in [-0.25, -0.2) is 9.78 Å². The van der Waals surface area contributed by atoms with Crippen molar-refractivity contribution in [1.29, 1.82) is 0 Å². The quantitative estimate of drug-likeness (QED) is 0.711. The van der Waals surface area contributed by atoms with Gasteiger partial charge in [-0.2, -0.15) is 0 Å². The minimum atomic E-state index is -0.334. The van der Waals surface area contributed by atoms with Crippen LogP contribution >= 0.6 is 0 Å². The van der Waals surface area contributed by atoms with Crippen LogP contribution in [0.1, 0.15) is 43.2 Å². The molecule has 0 amide bonds. The molecular formula is C11H16N2O2. The number of imidazole rings is 1. The summed E-state index contributed by atoms with van der Waals surface area (Å²) < 4.78 is 6.89. The lowest BCUT2D eigenvalue weighted by molar-refractivity contribution is 0.0520. The zero-order chi connectivity index (χ0) is 10.8. The molecule has 82 valence electrons. The Labute approximate surface area is 89.3 Å². The summed E-state index contributed by atoms with van der Waals surface area (Å²) in [6, 6.07) is 0.445. The molecule has 1 aliphatic carbocycles. The van der Waals surface area contributed by atoms with Gasteiger partial charge in [-0.3, -0.25) is 0 Å². The van der Waals surface area contributed by atoms with Crippen molar-refractivity contribution < 1.29 is 9.53 Å². The summed E-state index contributed by atoms with van der Waals surface area (Å²) in [5.41, 5.74) is 0.407. The van der Waals surface area contributed by atoms with Crippen LogP contribution in [0.2, 0.25) is 0 Å². The molecule has 0 N–H and O–H groups in total. The molecule has 1 aliphatic rings. The summed E-state index contributed by atoms with van der Waals surface area (Å²) in [4.78, 5) is 15.4. The molecule has 1 heterocycles. The van der Waals surface area contributed by atoms with Crippen molar-refractivity contribution >= 4 is 5.97 Å². The van der Waals surface area contributed by atoms with Crippen molar-refractivity contribution in [2.75, 3.05) is 6.61 Å². The van der Waals surface area contributed by atoms with Gasteiger partial charge in [-0.1, -0.05) is 0 Å². The van der Waals surface area contributed by atoms with E-state index in [1.807, 2.05) is 4.57 Å². The highest BCUT2D eigenvalue weighted by atomic mass is 16.5. The Morgan fingerprint density at radius 2 is 2.47 bits per heavy atom. The first-order valence-electron chi connectivity index (χ1n) is 5.43. The molecule has 1 atom stereocenters. The molecule has 0 bridgehead atoms. The van der Waals surface area contributed by atoms with E-state index in [0.29, 0.717) is 18.3 Å². The van der Waals surface area contributed by atoms with Crippen molar-refractivity contribution in [3.63, 3.8) is 0 Å². The number of ether oxygens (including phenoxy) is 1. The molecule has 0 aromatic carbocycles. The molecule has 0 spiro atoms. The van der Waals surface area contributed by atoms with Crippen LogP contribution in [0, 0.1) is 5.92 Å². The van der Waals surface area contributed by atoms with Crippen LogP contribution in [0.3, 0.4) is 0 Å². The average molecular weight is 208 g/mol. The number of hydrogen-bond acceptors (Lipinski definition) is 3. The van der Waals surface area contributed by atoms with E-state index in [9.17, 15) is 4.79 Å². The van der Waals surface area contributed by atoms with E-state index in [-0.39, 0.29) is 5.97 Å². The number of hydrogen-bond donors (Lipinski definition) is 0. The van der Waals surface area contributed by atoms with Crippen molar-refractivity contribution in [2.24, 2.45) is 5.92 Å². The molecular weight excluding hydrogens is 192 g/mol. The average Bonchev–Trinajstić information content (AvgIpc) is 2.95. The third-order valence-corrected chi connectivity index (χ3v) is 2.86. The molecule has 1 fully saturated rings. The van der Waals surface area contributed by atoms with E-state index in [0.717, 1.165) is 5.92 Å². The normalized spacial score (nSPS) is 17.5. The molecule has 1 saturated carbocycles. The van der Waals surface area contributed by atoms with Crippen LogP contribution in [-0.4, -0.2) is 22.1 Å². The third kappa shape index (κ3) is 2.19. The lowest BCUT2D eigenvalue weighted by atomic mass is 10.2. The molecule has 1 aromatic rings. The maximum atomic E-state index is 11.4. The van der Waals surface area contributed by atoms with Gasteiger partial charge >= 0.3 is 5.97 Å². The predicted octanol–water partition coefficient (Wildman–Crippen LogP) is 2.03. The van der Waals surface area contributed by atoms with Gasteiger partial charge in [0.15, 0.2) is 5.69 Å². The highest BCUT2D eigenvalue weighted by Gasteiger charge is 2.29. The Morgan fingerprint density at radius 3 is 3.07 bits per heavy atom. The number of rotatable bonds is 4. The fourth-order valence-corrected chi connectivity index (χ4v) is 1.69. The topological polar surface area (TPSA) is 44.1 Å². The van der Waals surface area contributed by atoms with E-state index in [1.165, 1.54) is 12.8 Å². The van der Waals surface area contributed by atoms with E-state index in [4.69, 9.17) is 4.74 Å². The minimum Gasteiger partial charge on any atom is -0.461 e. The molecule has 1 unspecified atom stereocenters. The van der Waals surface area contributed by atoms with Gasteiger partial charge < -0.3 is 9.30 Å². The molecule has 0 radical (unpaired) electrons. The third-order valence-electron chi connectivity index (χ3n) is 2.86. The molecule has 2 rings (SSSR count). The molecule has 0 aliphatic heterocycles. The Bertz CT molecular complexity index is 355. The van der Waals surface area contributed by atoms with Crippen molar-refractivity contribution in [1.82, 2.24) is 9.55 Å². The Balaban J connectivity index is 2.05. The smallest absolute Gasteiger partial charge is 0.358 e. The second kappa shape index (κ2) is 4.04. The number of carbonyl (C=O) groups excluding carboxylic acids is 1. The first-order valence-corrected chi connectivity index (χ1v) is 5.43. The first kappa shape index (κ1) is 10.2. The van der Waals surface area contributed by atoms with Crippen LogP contribution in [0.5, 0.6) is 0 Å². The van der Waals surface area contributed by atoms with Crippen LogP contribution in [0.15, 0.2) is 12.5 Å². The summed E-state index contributed by atoms with van der Waals surface area (Å²) in [7, 11) is 0. The maximum Gasteiger partial charge on any atom is 0.358 e. The van der Waals surface area contributed by atoms with Crippen LogP contribution in [0.25, 0.3) is 0 Å². The van der Waals surface area contributed by atoms with E-state index < -0.39 is 0 Å². The van der Waals surface area contributed by atoms with Gasteiger partial charge in [0.2, 0.25) is 0 Å². The van der Waals surface area contributed by atoms with Gasteiger partial charge in [0, 0.05) is 12.2 Å². The summed E-state index contributed by atoms with van der Waals surface area (Å²) >= 11 is 0. The second-order valence-corrected chi connectivity index (χ2v) is 4.00. The lowest BCUT2D eigenvalue weighted by Crippen LogP contribution is -2.06. The Hall–Kier alpha value is -1.32. The van der Waals surface area contributed by atoms with Gasteiger partial charge in [-0.05, 0) is 32.6 Å². The van der Waals surface area contributed by atoms with Crippen LogP contribution < -0.4 is 0 Å². The molecule has 0 saturated heterocycles. The van der Waals surface area contributed by atoms with Gasteiger partial charge in [-0.15, -0.1) is 0 Å². The second-order valence-electron chi connectivity index (χ2n) is 4.00. The van der Waals surface area contributed by atoms with Crippen molar-refractivity contribution in [2.45, 2.75) is 32.7 Å². The van der Waals surface area contributed by atoms with Crippen LogP contribution in [0.4, 0.5) is 0 Å². The summed E-state index contributed by atoms with van der Waals surface area (Å²) in [5, 5.41) is 0. The minimum absolute atomic E-state index is 0.334. The number of carbonyl (C=O) groups is 1. The zero-order valence-electron chi connectivity index (χ0n) is 9.14. The monoisotopic (exact) mass is 208 g/mol. The fourth-order valence-electron chi connectivity index (χ4n) is 1.69. The number of aromatic nitrogens is 2. The van der Waals surface area contributed by atoms with Crippen molar-refractivity contribution in [3.05, 3.63) is 18.2 Å². The zero-order valence-corrected chi connectivity index (χ0v) is 9.14. The standard InChI is InChI=1S/C11H16N2O2/c1-3-15-11(14)10-6-13(7-12-10)8(2)9-4-5-9/h6-9H,3-5H2,1-2H3. The number of nitrogens with zero attached hydrogens (tertiary/aromatic N) is 2. The van der Waals surface area contributed by atoms with E-state index >= 15 is 0 Å². The predicted molar refractivity (Wildman–Crippen MR) is 55.6 cm³/mol. The van der Waals surface area contributed by atoms with Crippen LogP contribution in [-0.2, 0) is 4.74 Å². The Kier molecular flexibility index (Phi) is 2.75. The summed E-state index contributed by atoms with van der Waals surface area (Å²) in [6.45, 7) is 4.35. The molecule has 1 aromatic heterocycles. The largest absolute Gasteiger partial charge is 0.461 e. The highest BCUT2D eigenvalue weighted by Crippen LogP contribution is 2.39. The Morgan fingerprint density at radius 1 is 1.73 bits per heavy atom. The van der Waals surface area contributed by atoms with Gasteiger partial charge in [0.25, 0.3) is 0 Å². The highest BCUT2D eigenvalue weighted by molar-refractivity contribution is 5.86. The SMILES string of the molecule is CCOC(=O)c1cn(C(C)C2CC2)cn1. The first-order chi connectivity index (χ1) is 7.22. The molecule has 4 heteroatoms. The van der Waals surface area contributed by atoms with E-state index in [2.05, 4.69) is 11.9 Å². The van der Waals surface area contributed by atoms with E-state index in [1.54, 1.807) is 19.4 Å². The maximum absolute atomic E-state index is 11.4. The lowest BCUT2D eigenvalue weighted by Gasteiger charge is -2.10. The van der Waals surface area contributed by atoms with Gasteiger partial charge in [0.1, 0.15) is 0 Å². The molecule has 15 heavy (non-hydrogen) atoms.